The number of benzene rings is 2. The molecular weight excluding hydrogens is 338 g/mol. The first-order valence-electron chi connectivity index (χ1n) is 9.78. The third-order valence-electron chi connectivity index (χ3n) is 4.96. The molecule has 2 aromatic rings. The molecule has 4 heteroatoms. The van der Waals surface area contributed by atoms with E-state index in [9.17, 15) is 9.59 Å². The van der Waals surface area contributed by atoms with Gasteiger partial charge in [0.15, 0.2) is 0 Å². The van der Waals surface area contributed by atoms with Gasteiger partial charge < -0.3 is 4.74 Å². The van der Waals surface area contributed by atoms with Gasteiger partial charge in [0.1, 0.15) is 6.61 Å². The molecule has 0 saturated carbocycles. The maximum absolute atomic E-state index is 12.6. The summed E-state index contributed by atoms with van der Waals surface area (Å²) in [6, 6.07) is 18.3. The van der Waals surface area contributed by atoms with Crippen LogP contribution in [0.3, 0.4) is 0 Å². The van der Waals surface area contributed by atoms with Crippen LogP contribution in [0.15, 0.2) is 54.6 Å². The lowest BCUT2D eigenvalue weighted by molar-refractivity contribution is -0.129. The molecular formula is C23H27NO3. The lowest BCUT2D eigenvalue weighted by Crippen LogP contribution is -2.40. The highest BCUT2D eigenvalue weighted by molar-refractivity contribution is 5.93. The smallest absolute Gasteiger partial charge is 0.416 e. The van der Waals surface area contributed by atoms with Crippen molar-refractivity contribution in [3.63, 3.8) is 0 Å². The average molecular weight is 365 g/mol. The average Bonchev–Trinajstić information content (AvgIpc) is 3.04. The molecule has 1 fully saturated rings. The van der Waals surface area contributed by atoms with Crippen LogP contribution < -0.4 is 0 Å². The van der Waals surface area contributed by atoms with Gasteiger partial charge in [0, 0.05) is 6.42 Å². The van der Waals surface area contributed by atoms with Crippen LogP contribution in [0.25, 0.3) is 0 Å². The summed E-state index contributed by atoms with van der Waals surface area (Å²) in [5.74, 6) is -0.138. The first-order chi connectivity index (χ1) is 13.2. The molecule has 4 nitrogen and oxygen atoms in total. The number of hydrogen-bond donors (Lipinski definition) is 0. The fourth-order valence-electron chi connectivity index (χ4n) is 3.53. The Bertz CT molecular complexity index is 755. The SMILES string of the molecule is CCCc1ccc(CCCC(=O)N2C(=O)OCC2Cc2ccccc2)cc1. The first-order valence-corrected chi connectivity index (χ1v) is 9.78. The molecule has 1 heterocycles. The minimum absolute atomic E-state index is 0.138. The summed E-state index contributed by atoms with van der Waals surface area (Å²) in [7, 11) is 0. The van der Waals surface area contributed by atoms with Gasteiger partial charge in [-0.2, -0.15) is 0 Å². The van der Waals surface area contributed by atoms with E-state index in [0.29, 0.717) is 12.8 Å². The van der Waals surface area contributed by atoms with Crippen LogP contribution in [-0.2, 0) is 28.8 Å². The van der Waals surface area contributed by atoms with Crippen molar-refractivity contribution in [1.29, 1.82) is 0 Å². The number of hydrogen-bond acceptors (Lipinski definition) is 3. The lowest BCUT2D eigenvalue weighted by Gasteiger charge is -2.19. The van der Waals surface area contributed by atoms with E-state index in [1.165, 1.54) is 16.0 Å². The van der Waals surface area contributed by atoms with Gasteiger partial charge in [-0.05, 0) is 42.4 Å². The number of cyclic esters (lactones) is 1. The highest BCUT2D eigenvalue weighted by Crippen LogP contribution is 2.19. The van der Waals surface area contributed by atoms with E-state index in [1.807, 2.05) is 30.3 Å². The van der Waals surface area contributed by atoms with Gasteiger partial charge in [-0.25, -0.2) is 9.69 Å². The molecule has 1 saturated heterocycles. The fourth-order valence-corrected chi connectivity index (χ4v) is 3.53. The summed E-state index contributed by atoms with van der Waals surface area (Å²) in [4.78, 5) is 26.0. The number of rotatable bonds is 8. The van der Waals surface area contributed by atoms with Gasteiger partial charge >= 0.3 is 6.09 Å². The van der Waals surface area contributed by atoms with E-state index in [-0.39, 0.29) is 18.6 Å². The van der Waals surface area contributed by atoms with Gasteiger partial charge in [-0.3, -0.25) is 4.79 Å². The first kappa shape index (κ1) is 19.2. The Hall–Kier alpha value is -2.62. The van der Waals surface area contributed by atoms with Crippen LogP contribution >= 0.6 is 0 Å². The van der Waals surface area contributed by atoms with Crippen molar-refractivity contribution >= 4 is 12.0 Å². The number of amides is 2. The predicted octanol–water partition coefficient (Wildman–Crippen LogP) is 4.55. The van der Waals surface area contributed by atoms with E-state index in [4.69, 9.17) is 4.74 Å². The second-order valence-electron chi connectivity index (χ2n) is 7.10. The Morgan fingerprint density at radius 1 is 1.00 bits per heavy atom. The van der Waals surface area contributed by atoms with E-state index >= 15 is 0 Å². The predicted molar refractivity (Wildman–Crippen MR) is 106 cm³/mol. The Balaban J connectivity index is 1.51. The molecule has 27 heavy (non-hydrogen) atoms. The molecule has 0 bridgehead atoms. The normalized spacial score (nSPS) is 16.4. The van der Waals surface area contributed by atoms with Crippen molar-refractivity contribution in [1.82, 2.24) is 4.90 Å². The van der Waals surface area contributed by atoms with Crippen LogP contribution in [0.5, 0.6) is 0 Å². The van der Waals surface area contributed by atoms with E-state index in [2.05, 4.69) is 31.2 Å². The minimum Gasteiger partial charge on any atom is -0.447 e. The van der Waals surface area contributed by atoms with Crippen LogP contribution in [0, 0.1) is 0 Å². The molecule has 142 valence electrons. The molecule has 2 aromatic carbocycles. The zero-order valence-corrected chi connectivity index (χ0v) is 15.9. The molecule has 0 spiro atoms. The van der Waals surface area contributed by atoms with Crippen molar-refractivity contribution in [2.45, 2.75) is 51.5 Å². The Morgan fingerprint density at radius 2 is 1.67 bits per heavy atom. The standard InChI is InChI=1S/C23H27NO3/c1-2-7-18-12-14-19(15-13-18)10-6-11-22(25)24-21(17-27-23(24)26)16-20-8-4-3-5-9-20/h3-5,8-9,12-15,21H,2,6-7,10-11,16-17H2,1H3. The van der Waals surface area contributed by atoms with Gasteiger partial charge in [0.25, 0.3) is 0 Å². The number of ether oxygens (including phenoxy) is 1. The quantitative estimate of drug-likeness (QED) is 0.689. The molecule has 1 atom stereocenters. The van der Waals surface area contributed by atoms with Gasteiger partial charge in [-0.1, -0.05) is 67.9 Å². The van der Waals surface area contributed by atoms with Crippen molar-refractivity contribution in [3.8, 4) is 0 Å². The number of aryl methyl sites for hydroxylation is 2. The number of carbonyl (C=O) groups is 2. The Labute approximate surface area is 161 Å². The molecule has 1 aliphatic rings. The van der Waals surface area contributed by atoms with Crippen molar-refractivity contribution < 1.29 is 14.3 Å². The second-order valence-corrected chi connectivity index (χ2v) is 7.10. The zero-order chi connectivity index (χ0) is 19.1. The van der Waals surface area contributed by atoms with Crippen molar-refractivity contribution in [2.24, 2.45) is 0 Å². The molecule has 0 radical (unpaired) electrons. The second kappa shape index (κ2) is 9.36. The highest BCUT2D eigenvalue weighted by atomic mass is 16.6. The van der Waals surface area contributed by atoms with E-state index < -0.39 is 6.09 Å². The van der Waals surface area contributed by atoms with Gasteiger partial charge in [0.05, 0.1) is 6.04 Å². The monoisotopic (exact) mass is 365 g/mol. The maximum Gasteiger partial charge on any atom is 0.416 e. The van der Waals surface area contributed by atoms with Gasteiger partial charge in [0.2, 0.25) is 5.91 Å². The molecule has 2 amide bonds. The molecule has 0 N–H and O–H groups in total. The number of imide groups is 1. The molecule has 0 aliphatic carbocycles. The van der Waals surface area contributed by atoms with E-state index in [0.717, 1.165) is 31.2 Å². The van der Waals surface area contributed by atoms with Crippen molar-refractivity contribution in [2.75, 3.05) is 6.61 Å². The Morgan fingerprint density at radius 3 is 2.33 bits per heavy atom. The third kappa shape index (κ3) is 5.19. The minimum atomic E-state index is -0.509. The molecule has 3 rings (SSSR count). The molecule has 1 unspecified atom stereocenters. The highest BCUT2D eigenvalue weighted by Gasteiger charge is 2.37. The number of carbonyl (C=O) groups excluding carboxylic acids is 2. The summed E-state index contributed by atoms with van der Waals surface area (Å²) in [6.07, 6.45) is 4.29. The summed E-state index contributed by atoms with van der Waals surface area (Å²) in [6.45, 7) is 2.45. The maximum atomic E-state index is 12.6. The lowest BCUT2D eigenvalue weighted by atomic mass is 10.0. The van der Waals surface area contributed by atoms with Crippen molar-refractivity contribution in [3.05, 3.63) is 71.3 Å². The number of nitrogens with zero attached hydrogens (tertiary/aromatic N) is 1. The van der Waals surface area contributed by atoms with E-state index in [1.54, 1.807) is 0 Å². The van der Waals surface area contributed by atoms with Crippen LogP contribution in [0.2, 0.25) is 0 Å². The van der Waals surface area contributed by atoms with Gasteiger partial charge in [-0.15, -0.1) is 0 Å². The molecule has 0 aromatic heterocycles. The summed E-state index contributed by atoms with van der Waals surface area (Å²) in [5, 5.41) is 0. The summed E-state index contributed by atoms with van der Waals surface area (Å²) in [5.41, 5.74) is 3.68. The largest absolute Gasteiger partial charge is 0.447 e. The topological polar surface area (TPSA) is 46.6 Å². The van der Waals surface area contributed by atoms with Crippen LogP contribution in [0.4, 0.5) is 4.79 Å². The zero-order valence-electron chi connectivity index (χ0n) is 15.9. The van der Waals surface area contributed by atoms with Crippen LogP contribution in [-0.4, -0.2) is 29.5 Å². The summed E-state index contributed by atoms with van der Waals surface area (Å²) < 4.78 is 5.14. The molecule has 1 aliphatic heterocycles. The fraction of sp³-hybridized carbons (Fsp3) is 0.391. The Kier molecular flexibility index (Phi) is 6.64. The van der Waals surface area contributed by atoms with Crippen LogP contribution in [0.1, 0.15) is 42.9 Å². The summed E-state index contributed by atoms with van der Waals surface area (Å²) >= 11 is 0. The third-order valence-corrected chi connectivity index (χ3v) is 4.96.